The quantitative estimate of drug-likeness (QED) is 0.696. The van der Waals surface area contributed by atoms with E-state index in [0.29, 0.717) is 11.1 Å². The summed E-state index contributed by atoms with van der Waals surface area (Å²) >= 11 is 0. The largest absolute Gasteiger partial charge is 0.507 e. The minimum atomic E-state index is 0.176. The highest BCUT2D eigenvalue weighted by molar-refractivity contribution is 5.76. The monoisotopic (exact) mass is 304 g/mol. The van der Waals surface area contributed by atoms with Gasteiger partial charge in [0, 0.05) is 17.0 Å². The van der Waals surface area contributed by atoms with Gasteiger partial charge in [-0.15, -0.1) is 0 Å². The molecule has 0 radical (unpaired) electrons. The molecule has 0 aliphatic heterocycles. The van der Waals surface area contributed by atoms with Crippen LogP contribution in [0.15, 0.2) is 66.7 Å². The molecular formula is C21H20O2. The maximum atomic E-state index is 10.2. The first-order chi connectivity index (χ1) is 11.1. The van der Waals surface area contributed by atoms with Crippen molar-refractivity contribution in [3.05, 3.63) is 83.4 Å². The van der Waals surface area contributed by atoms with Gasteiger partial charge >= 0.3 is 0 Å². The molecule has 0 saturated heterocycles. The lowest BCUT2D eigenvalue weighted by molar-refractivity contribution is 0.469. The first-order valence-electron chi connectivity index (χ1n) is 7.74. The van der Waals surface area contributed by atoms with Gasteiger partial charge in [-0.05, 0) is 42.3 Å². The van der Waals surface area contributed by atoms with Crippen LogP contribution in [0, 0.1) is 6.92 Å². The van der Waals surface area contributed by atoms with E-state index in [1.165, 1.54) is 5.56 Å². The highest BCUT2D eigenvalue weighted by atomic mass is 16.3. The average Bonchev–Trinajstić information content (AvgIpc) is 2.58. The average molecular weight is 304 g/mol. The number of benzene rings is 3. The van der Waals surface area contributed by atoms with Gasteiger partial charge in [-0.25, -0.2) is 0 Å². The molecule has 23 heavy (non-hydrogen) atoms. The van der Waals surface area contributed by atoms with Gasteiger partial charge in [0.15, 0.2) is 0 Å². The molecule has 0 aromatic heterocycles. The lowest BCUT2D eigenvalue weighted by Crippen LogP contribution is -1.96. The van der Waals surface area contributed by atoms with Crippen LogP contribution in [0.3, 0.4) is 0 Å². The molecule has 3 aromatic carbocycles. The van der Waals surface area contributed by atoms with E-state index in [1.807, 2.05) is 49.4 Å². The number of phenols is 2. The molecular weight excluding hydrogens is 284 g/mol. The van der Waals surface area contributed by atoms with Gasteiger partial charge in [-0.2, -0.15) is 0 Å². The first-order valence-corrected chi connectivity index (χ1v) is 7.74. The summed E-state index contributed by atoms with van der Waals surface area (Å²) in [5.74, 6) is 0.563. The summed E-state index contributed by atoms with van der Waals surface area (Å²) in [4.78, 5) is 0. The van der Waals surface area contributed by atoms with Crippen molar-refractivity contribution in [2.45, 2.75) is 19.8 Å². The van der Waals surface area contributed by atoms with Gasteiger partial charge in [0.25, 0.3) is 0 Å². The van der Waals surface area contributed by atoms with Crippen LogP contribution in [0.2, 0.25) is 0 Å². The van der Waals surface area contributed by atoms with E-state index < -0.39 is 0 Å². The van der Waals surface area contributed by atoms with Crippen LogP contribution in [-0.4, -0.2) is 10.2 Å². The molecule has 0 amide bonds. The van der Waals surface area contributed by atoms with Crippen molar-refractivity contribution in [3.8, 4) is 22.6 Å². The second-order valence-corrected chi connectivity index (χ2v) is 5.93. The lowest BCUT2D eigenvalue weighted by atomic mass is 9.90. The van der Waals surface area contributed by atoms with Crippen LogP contribution in [0.1, 0.15) is 29.5 Å². The van der Waals surface area contributed by atoms with Gasteiger partial charge in [0.2, 0.25) is 0 Å². The van der Waals surface area contributed by atoms with Gasteiger partial charge in [-0.1, -0.05) is 55.0 Å². The maximum Gasteiger partial charge on any atom is 0.123 e. The molecule has 116 valence electrons. The molecule has 0 bridgehead atoms. The second-order valence-electron chi connectivity index (χ2n) is 5.93. The fourth-order valence-electron chi connectivity index (χ4n) is 2.84. The van der Waals surface area contributed by atoms with E-state index in [-0.39, 0.29) is 17.4 Å². The van der Waals surface area contributed by atoms with Crippen molar-refractivity contribution < 1.29 is 10.2 Å². The van der Waals surface area contributed by atoms with Crippen molar-refractivity contribution in [2.75, 3.05) is 0 Å². The summed E-state index contributed by atoms with van der Waals surface area (Å²) in [7, 11) is 0. The van der Waals surface area contributed by atoms with Crippen LogP contribution >= 0.6 is 0 Å². The molecule has 0 aliphatic carbocycles. The summed E-state index contributed by atoms with van der Waals surface area (Å²) in [5.41, 5.74) is 4.68. The maximum absolute atomic E-state index is 10.2. The minimum absolute atomic E-state index is 0.176. The molecule has 3 rings (SSSR count). The standard InChI is InChI=1S/C21H20O2/c1-14-8-10-20(22)18(12-14)19-13-17(9-11-21(19)23)15(2)16-6-4-3-5-7-16/h3-13,15,22-23H,1-2H3. The van der Waals surface area contributed by atoms with Crippen molar-refractivity contribution in [1.29, 1.82) is 0 Å². The normalized spacial score (nSPS) is 12.1. The number of hydrogen-bond acceptors (Lipinski definition) is 2. The number of aromatic hydroxyl groups is 2. The highest BCUT2D eigenvalue weighted by Crippen LogP contribution is 2.38. The second kappa shape index (κ2) is 6.17. The Morgan fingerprint density at radius 2 is 1.30 bits per heavy atom. The van der Waals surface area contributed by atoms with E-state index in [2.05, 4.69) is 19.1 Å². The summed E-state index contributed by atoms with van der Waals surface area (Å²) in [6.07, 6.45) is 0. The molecule has 0 spiro atoms. The third-order valence-corrected chi connectivity index (χ3v) is 4.26. The summed E-state index contributed by atoms with van der Waals surface area (Å²) in [6.45, 7) is 4.11. The summed E-state index contributed by atoms with van der Waals surface area (Å²) < 4.78 is 0. The van der Waals surface area contributed by atoms with E-state index in [0.717, 1.165) is 11.1 Å². The van der Waals surface area contributed by atoms with Crippen molar-refractivity contribution in [2.24, 2.45) is 0 Å². The zero-order chi connectivity index (χ0) is 16.4. The Hall–Kier alpha value is -2.74. The molecule has 2 nitrogen and oxygen atoms in total. The van der Waals surface area contributed by atoms with Crippen LogP contribution in [-0.2, 0) is 0 Å². The highest BCUT2D eigenvalue weighted by Gasteiger charge is 2.14. The van der Waals surface area contributed by atoms with Crippen molar-refractivity contribution in [1.82, 2.24) is 0 Å². The van der Waals surface area contributed by atoms with E-state index in [4.69, 9.17) is 0 Å². The Bertz CT molecular complexity index is 823. The molecule has 0 saturated carbocycles. The SMILES string of the molecule is Cc1ccc(O)c(-c2cc(C(C)c3ccccc3)ccc2O)c1. The zero-order valence-corrected chi connectivity index (χ0v) is 13.3. The number of hydrogen-bond donors (Lipinski definition) is 2. The van der Waals surface area contributed by atoms with Crippen molar-refractivity contribution in [3.63, 3.8) is 0 Å². The van der Waals surface area contributed by atoms with Gasteiger partial charge in [0.1, 0.15) is 11.5 Å². The molecule has 0 fully saturated rings. The fraction of sp³-hybridized carbons (Fsp3) is 0.143. The molecule has 3 aromatic rings. The van der Waals surface area contributed by atoms with E-state index in [9.17, 15) is 10.2 Å². The number of rotatable bonds is 3. The lowest BCUT2D eigenvalue weighted by Gasteiger charge is -2.15. The predicted molar refractivity (Wildman–Crippen MR) is 93.9 cm³/mol. The molecule has 0 heterocycles. The molecule has 1 atom stereocenters. The molecule has 2 N–H and O–H groups in total. The third-order valence-electron chi connectivity index (χ3n) is 4.26. The number of aryl methyl sites for hydroxylation is 1. The number of phenolic OH excluding ortho intramolecular Hbond substituents is 2. The van der Waals surface area contributed by atoms with Crippen LogP contribution in [0.4, 0.5) is 0 Å². The Balaban J connectivity index is 2.08. The van der Waals surface area contributed by atoms with Gasteiger partial charge in [-0.3, -0.25) is 0 Å². The smallest absolute Gasteiger partial charge is 0.123 e. The van der Waals surface area contributed by atoms with Gasteiger partial charge in [0.05, 0.1) is 0 Å². The molecule has 2 heteroatoms. The molecule has 0 aliphatic rings. The zero-order valence-electron chi connectivity index (χ0n) is 13.3. The van der Waals surface area contributed by atoms with Gasteiger partial charge < -0.3 is 10.2 Å². The Kier molecular flexibility index (Phi) is 4.07. The Morgan fingerprint density at radius 1 is 0.696 bits per heavy atom. The minimum Gasteiger partial charge on any atom is -0.507 e. The Morgan fingerprint density at radius 3 is 2.00 bits per heavy atom. The topological polar surface area (TPSA) is 40.5 Å². The first kappa shape index (κ1) is 15.2. The molecule has 1 unspecified atom stereocenters. The van der Waals surface area contributed by atoms with Crippen LogP contribution in [0.5, 0.6) is 11.5 Å². The Labute approximate surface area is 136 Å². The summed E-state index contributed by atoms with van der Waals surface area (Å²) in [6, 6.07) is 21.3. The third kappa shape index (κ3) is 3.07. The van der Waals surface area contributed by atoms with E-state index >= 15 is 0 Å². The van der Waals surface area contributed by atoms with Crippen LogP contribution in [0.25, 0.3) is 11.1 Å². The van der Waals surface area contributed by atoms with Crippen LogP contribution < -0.4 is 0 Å². The predicted octanol–water partition coefficient (Wildman–Crippen LogP) is 5.23. The van der Waals surface area contributed by atoms with Crippen molar-refractivity contribution >= 4 is 0 Å². The van der Waals surface area contributed by atoms with E-state index in [1.54, 1.807) is 12.1 Å². The fourth-order valence-corrected chi connectivity index (χ4v) is 2.84. The summed E-state index contributed by atoms with van der Waals surface area (Å²) in [5, 5.41) is 20.4.